The van der Waals surface area contributed by atoms with Crippen molar-refractivity contribution in [1.29, 1.82) is 0 Å². The Kier molecular flexibility index (Phi) is 4.79. The quantitative estimate of drug-likeness (QED) is 0.838. The van der Waals surface area contributed by atoms with Crippen LogP contribution in [0.3, 0.4) is 0 Å². The van der Waals surface area contributed by atoms with Gasteiger partial charge in [0.05, 0.1) is 0 Å². The Bertz CT molecular complexity index is 582. The predicted octanol–water partition coefficient (Wildman–Crippen LogP) is 4.18. The molecule has 0 unspecified atom stereocenters. The lowest BCUT2D eigenvalue weighted by molar-refractivity contribution is 0.0701. The van der Waals surface area contributed by atoms with Gasteiger partial charge in [0.15, 0.2) is 0 Å². The number of aromatic carboxylic acids is 1. The summed E-state index contributed by atoms with van der Waals surface area (Å²) in [6.45, 7) is 4.82. The topological polar surface area (TPSA) is 49.3 Å². The maximum absolute atomic E-state index is 11.1. The van der Waals surface area contributed by atoms with Gasteiger partial charge >= 0.3 is 5.97 Å². The van der Waals surface area contributed by atoms with Gasteiger partial charge in [0.25, 0.3) is 0 Å². The monoisotopic (exact) mass is 289 g/mol. The smallest absolute Gasteiger partial charge is 0.346 e. The Balaban J connectivity index is 2.22. The standard InChI is InChI=1S/C16H19NO2S/c1-3-11-6-5-7-12(4-2)14(11)17-10-13-8-9-20-15(13)16(18)19/h5-9,17H,3-4,10H2,1-2H3,(H,18,19). The Morgan fingerprint density at radius 1 is 1.15 bits per heavy atom. The zero-order valence-electron chi connectivity index (χ0n) is 11.8. The van der Waals surface area contributed by atoms with Crippen molar-refractivity contribution in [1.82, 2.24) is 0 Å². The van der Waals surface area contributed by atoms with Gasteiger partial charge in [-0.3, -0.25) is 0 Å². The van der Waals surface area contributed by atoms with Crippen molar-refractivity contribution < 1.29 is 9.90 Å². The van der Waals surface area contributed by atoms with Gasteiger partial charge in [0, 0.05) is 12.2 Å². The van der Waals surface area contributed by atoms with Crippen LogP contribution in [0.2, 0.25) is 0 Å². The lowest BCUT2D eigenvalue weighted by atomic mass is 10.0. The number of anilines is 1. The summed E-state index contributed by atoms with van der Waals surface area (Å²) >= 11 is 1.27. The SMILES string of the molecule is CCc1cccc(CC)c1NCc1ccsc1C(=O)O. The van der Waals surface area contributed by atoms with Gasteiger partial charge in [-0.1, -0.05) is 32.0 Å². The Labute approximate surface area is 123 Å². The molecular formula is C16H19NO2S. The summed E-state index contributed by atoms with van der Waals surface area (Å²) in [4.78, 5) is 11.5. The normalized spacial score (nSPS) is 10.5. The summed E-state index contributed by atoms with van der Waals surface area (Å²) in [5.74, 6) is -0.851. The Morgan fingerprint density at radius 3 is 2.35 bits per heavy atom. The lowest BCUT2D eigenvalue weighted by Crippen LogP contribution is -2.07. The molecule has 0 fully saturated rings. The fraction of sp³-hybridized carbons (Fsp3) is 0.312. The summed E-state index contributed by atoms with van der Waals surface area (Å²) in [5, 5.41) is 14.4. The van der Waals surface area contributed by atoms with E-state index in [2.05, 4.69) is 37.4 Å². The lowest BCUT2D eigenvalue weighted by Gasteiger charge is -2.15. The van der Waals surface area contributed by atoms with Crippen LogP contribution in [0.5, 0.6) is 0 Å². The highest BCUT2D eigenvalue weighted by Gasteiger charge is 2.12. The van der Waals surface area contributed by atoms with E-state index in [0.29, 0.717) is 11.4 Å². The zero-order chi connectivity index (χ0) is 14.5. The Hall–Kier alpha value is -1.81. The van der Waals surface area contributed by atoms with Gasteiger partial charge < -0.3 is 10.4 Å². The first-order valence-electron chi connectivity index (χ1n) is 6.81. The van der Waals surface area contributed by atoms with Crippen molar-refractivity contribution in [3.05, 3.63) is 51.2 Å². The molecule has 2 aromatic rings. The molecule has 1 aromatic carbocycles. The minimum atomic E-state index is -0.851. The van der Waals surface area contributed by atoms with Gasteiger partial charge in [-0.05, 0) is 41.0 Å². The number of nitrogens with one attached hydrogen (secondary N) is 1. The molecule has 3 nitrogen and oxygen atoms in total. The number of hydrogen-bond acceptors (Lipinski definition) is 3. The molecule has 0 amide bonds. The third kappa shape index (κ3) is 3.02. The highest BCUT2D eigenvalue weighted by Crippen LogP contribution is 2.25. The van der Waals surface area contributed by atoms with Crippen LogP contribution >= 0.6 is 11.3 Å². The molecule has 0 aliphatic carbocycles. The molecule has 106 valence electrons. The van der Waals surface area contributed by atoms with Crippen molar-refractivity contribution >= 4 is 23.0 Å². The maximum Gasteiger partial charge on any atom is 0.346 e. The summed E-state index contributed by atoms with van der Waals surface area (Å²) in [6.07, 6.45) is 1.93. The average molecular weight is 289 g/mol. The van der Waals surface area contributed by atoms with Crippen LogP contribution in [-0.2, 0) is 19.4 Å². The second kappa shape index (κ2) is 6.57. The van der Waals surface area contributed by atoms with Crippen molar-refractivity contribution in [2.45, 2.75) is 33.2 Å². The number of hydrogen-bond donors (Lipinski definition) is 2. The predicted molar refractivity (Wildman–Crippen MR) is 83.8 cm³/mol. The number of benzene rings is 1. The number of thiophene rings is 1. The largest absolute Gasteiger partial charge is 0.477 e. The number of carboxylic acids is 1. The minimum absolute atomic E-state index is 0.421. The van der Waals surface area contributed by atoms with Gasteiger partial charge in [0.1, 0.15) is 4.88 Å². The molecule has 1 aromatic heterocycles. The van der Waals surface area contributed by atoms with E-state index in [1.807, 2.05) is 11.4 Å². The fourth-order valence-electron chi connectivity index (χ4n) is 2.32. The van der Waals surface area contributed by atoms with Gasteiger partial charge in [0.2, 0.25) is 0 Å². The molecule has 0 radical (unpaired) electrons. The molecule has 0 spiro atoms. The van der Waals surface area contributed by atoms with E-state index in [1.165, 1.54) is 22.5 Å². The van der Waals surface area contributed by atoms with Crippen molar-refractivity contribution in [2.75, 3.05) is 5.32 Å². The van der Waals surface area contributed by atoms with Crippen molar-refractivity contribution in [3.63, 3.8) is 0 Å². The van der Waals surface area contributed by atoms with Crippen LogP contribution in [-0.4, -0.2) is 11.1 Å². The summed E-state index contributed by atoms with van der Waals surface area (Å²) < 4.78 is 0. The molecule has 0 aliphatic heterocycles. The molecule has 0 bridgehead atoms. The molecule has 2 N–H and O–H groups in total. The van der Waals surface area contributed by atoms with E-state index >= 15 is 0 Å². The molecular weight excluding hydrogens is 270 g/mol. The van der Waals surface area contributed by atoms with Crippen LogP contribution in [0.1, 0.15) is 40.2 Å². The van der Waals surface area contributed by atoms with E-state index in [9.17, 15) is 4.79 Å². The van der Waals surface area contributed by atoms with Crippen LogP contribution < -0.4 is 5.32 Å². The number of aryl methyl sites for hydroxylation is 2. The van der Waals surface area contributed by atoms with Crippen LogP contribution in [0.4, 0.5) is 5.69 Å². The third-order valence-corrected chi connectivity index (χ3v) is 4.34. The molecule has 0 saturated heterocycles. The van der Waals surface area contributed by atoms with Gasteiger partial charge in [-0.25, -0.2) is 4.79 Å². The average Bonchev–Trinajstić information content (AvgIpc) is 2.93. The van der Waals surface area contributed by atoms with E-state index in [1.54, 1.807) is 0 Å². The molecule has 20 heavy (non-hydrogen) atoms. The van der Waals surface area contributed by atoms with Gasteiger partial charge in [-0.15, -0.1) is 11.3 Å². The molecule has 1 heterocycles. The summed E-state index contributed by atoms with van der Waals surface area (Å²) in [7, 11) is 0. The Morgan fingerprint density at radius 2 is 1.80 bits per heavy atom. The van der Waals surface area contributed by atoms with E-state index in [-0.39, 0.29) is 0 Å². The minimum Gasteiger partial charge on any atom is -0.477 e. The van der Waals surface area contributed by atoms with Crippen molar-refractivity contribution in [2.24, 2.45) is 0 Å². The van der Waals surface area contributed by atoms with E-state index < -0.39 is 5.97 Å². The number of rotatable bonds is 6. The fourth-order valence-corrected chi connectivity index (χ4v) is 3.08. The number of carbonyl (C=O) groups is 1. The highest BCUT2D eigenvalue weighted by atomic mass is 32.1. The summed E-state index contributed by atoms with van der Waals surface area (Å²) in [5.41, 5.74) is 4.54. The second-order valence-corrected chi connectivity index (χ2v) is 5.51. The van der Waals surface area contributed by atoms with Crippen LogP contribution in [0.25, 0.3) is 0 Å². The summed E-state index contributed by atoms with van der Waals surface area (Å²) in [6, 6.07) is 8.19. The van der Waals surface area contributed by atoms with E-state index in [0.717, 1.165) is 24.1 Å². The number of para-hydroxylation sites is 1. The van der Waals surface area contributed by atoms with E-state index in [4.69, 9.17) is 5.11 Å². The maximum atomic E-state index is 11.1. The zero-order valence-corrected chi connectivity index (χ0v) is 12.6. The molecule has 2 rings (SSSR count). The van der Waals surface area contributed by atoms with Crippen LogP contribution in [0, 0.1) is 0 Å². The molecule has 4 heteroatoms. The first kappa shape index (κ1) is 14.6. The molecule has 0 saturated carbocycles. The molecule has 0 aliphatic rings. The first-order valence-corrected chi connectivity index (χ1v) is 7.69. The third-order valence-electron chi connectivity index (χ3n) is 3.40. The highest BCUT2D eigenvalue weighted by molar-refractivity contribution is 7.12. The molecule has 0 atom stereocenters. The first-order chi connectivity index (χ1) is 9.67. The second-order valence-electron chi connectivity index (χ2n) is 4.59. The van der Waals surface area contributed by atoms with Gasteiger partial charge in [-0.2, -0.15) is 0 Å². The number of carboxylic acid groups (broad SMARTS) is 1. The van der Waals surface area contributed by atoms with Crippen molar-refractivity contribution in [3.8, 4) is 0 Å². The van der Waals surface area contributed by atoms with Crippen LogP contribution in [0.15, 0.2) is 29.6 Å².